The van der Waals surface area contributed by atoms with E-state index in [1.54, 1.807) is 0 Å². The van der Waals surface area contributed by atoms with Gasteiger partial charge in [-0.3, -0.25) is 0 Å². The average Bonchev–Trinajstić information content (AvgIpc) is 2.73. The summed E-state index contributed by atoms with van der Waals surface area (Å²) in [5, 5.41) is 1.15. The summed E-state index contributed by atoms with van der Waals surface area (Å²) in [6, 6.07) is 8.36. The summed E-state index contributed by atoms with van der Waals surface area (Å²) in [7, 11) is 0. The van der Waals surface area contributed by atoms with Crippen LogP contribution in [0, 0.1) is 0 Å². The minimum absolute atomic E-state index is 1.08. The molecule has 0 aliphatic rings. The van der Waals surface area contributed by atoms with Crippen LogP contribution in [0.4, 0.5) is 0 Å². The monoisotopic (exact) mass is 309 g/mol. The van der Waals surface area contributed by atoms with Gasteiger partial charge in [0.1, 0.15) is 5.01 Å². The van der Waals surface area contributed by atoms with Crippen LogP contribution in [0.15, 0.2) is 28.7 Å². The van der Waals surface area contributed by atoms with Gasteiger partial charge >= 0.3 is 0 Å². The second-order valence-corrected chi connectivity index (χ2v) is 6.00. The third-order valence-corrected chi connectivity index (χ3v) is 4.44. The Morgan fingerprint density at radius 3 is 2.76 bits per heavy atom. The molecular formula is C14H16BrNS. The molecule has 0 saturated heterocycles. The average molecular weight is 310 g/mol. The number of thiazole rings is 1. The van der Waals surface area contributed by atoms with E-state index in [1.165, 1.54) is 16.1 Å². The van der Waals surface area contributed by atoms with Crippen molar-refractivity contribution in [2.75, 3.05) is 0 Å². The number of aryl methyl sites for hydroxylation is 2. The van der Waals surface area contributed by atoms with Gasteiger partial charge in [-0.2, -0.15) is 0 Å². The molecule has 1 aromatic carbocycles. The van der Waals surface area contributed by atoms with Gasteiger partial charge in [0.2, 0.25) is 0 Å². The fourth-order valence-electron chi connectivity index (χ4n) is 1.84. The summed E-state index contributed by atoms with van der Waals surface area (Å²) in [6.07, 6.45) is 3.34. The molecule has 2 rings (SSSR count). The first-order chi connectivity index (χ1) is 8.24. The van der Waals surface area contributed by atoms with E-state index in [2.05, 4.69) is 48.0 Å². The summed E-state index contributed by atoms with van der Waals surface area (Å²) in [4.78, 5) is 6.21. The van der Waals surface area contributed by atoms with Crippen LogP contribution in [0.5, 0.6) is 0 Å². The Hall–Kier alpha value is -0.670. The van der Waals surface area contributed by atoms with Gasteiger partial charge < -0.3 is 0 Å². The van der Waals surface area contributed by atoms with Crippen LogP contribution in [0.3, 0.4) is 0 Å². The van der Waals surface area contributed by atoms with Crippen LogP contribution in [-0.2, 0) is 12.8 Å². The normalized spacial score (nSPS) is 10.8. The second kappa shape index (κ2) is 5.78. The Labute approximate surface area is 115 Å². The Kier molecular flexibility index (Phi) is 4.35. The molecule has 0 saturated carbocycles. The molecule has 0 radical (unpaired) electrons. The van der Waals surface area contributed by atoms with E-state index >= 15 is 0 Å². The van der Waals surface area contributed by atoms with Crippen molar-refractivity contribution in [3.63, 3.8) is 0 Å². The number of benzene rings is 1. The molecule has 2 aromatic rings. The van der Waals surface area contributed by atoms with Crippen molar-refractivity contribution in [3.8, 4) is 10.6 Å². The summed E-state index contributed by atoms with van der Waals surface area (Å²) in [6.45, 7) is 4.41. The van der Waals surface area contributed by atoms with Crippen molar-refractivity contribution in [2.24, 2.45) is 0 Å². The molecule has 0 fully saturated rings. The maximum Gasteiger partial charge on any atom is 0.123 e. The summed E-state index contributed by atoms with van der Waals surface area (Å²) < 4.78 is 1.11. The number of hydrogen-bond donors (Lipinski definition) is 0. The first-order valence-corrected chi connectivity index (χ1v) is 7.60. The van der Waals surface area contributed by atoms with Crippen molar-refractivity contribution < 1.29 is 0 Å². The Morgan fingerprint density at radius 1 is 1.29 bits per heavy atom. The van der Waals surface area contributed by atoms with E-state index in [4.69, 9.17) is 4.98 Å². The molecule has 17 heavy (non-hydrogen) atoms. The zero-order valence-corrected chi connectivity index (χ0v) is 12.6. The van der Waals surface area contributed by atoms with E-state index in [0.29, 0.717) is 0 Å². The van der Waals surface area contributed by atoms with Gasteiger partial charge in [-0.15, -0.1) is 11.3 Å². The minimum atomic E-state index is 1.08. The highest BCUT2D eigenvalue weighted by molar-refractivity contribution is 9.10. The standard InChI is InChI=1S/C14H16BrNS/c1-3-6-12-13(4-2)17-14(16-12)10-7-5-8-11(15)9-10/h5,7-9H,3-4,6H2,1-2H3. The first-order valence-electron chi connectivity index (χ1n) is 5.99. The van der Waals surface area contributed by atoms with Crippen LogP contribution in [0.2, 0.25) is 0 Å². The molecule has 90 valence electrons. The van der Waals surface area contributed by atoms with Gasteiger partial charge in [0.15, 0.2) is 0 Å². The first kappa shape index (κ1) is 12.8. The number of aromatic nitrogens is 1. The third kappa shape index (κ3) is 2.96. The van der Waals surface area contributed by atoms with Gasteiger partial charge in [-0.25, -0.2) is 4.98 Å². The third-order valence-electron chi connectivity index (χ3n) is 2.66. The number of nitrogens with zero attached hydrogens (tertiary/aromatic N) is 1. The molecule has 0 N–H and O–H groups in total. The summed E-state index contributed by atoms with van der Waals surface area (Å²) in [5.74, 6) is 0. The minimum Gasteiger partial charge on any atom is -0.241 e. The number of rotatable bonds is 4. The lowest BCUT2D eigenvalue weighted by molar-refractivity contribution is 0.876. The molecule has 0 aliphatic carbocycles. The number of hydrogen-bond acceptors (Lipinski definition) is 2. The highest BCUT2D eigenvalue weighted by Crippen LogP contribution is 2.30. The molecular weight excluding hydrogens is 294 g/mol. The van der Waals surface area contributed by atoms with Crippen molar-refractivity contribution >= 4 is 27.3 Å². The van der Waals surface area contributed by atoms with Crippen LogP contribution in [-0.4, -0.2) is 4.98 Å². The molecule has 0 spiro atoms. The summed E-state index contributed by atoms with van der Waals surface area (Å²) in [5.41, 5.74) is 2.50. The Balaban J connectivity index is 2.39. The van der Waals surface area contributed by atoms with Crippen molar-refractivity contribution in [2.45, 2.75) is 33.1 Å². The highest BCUT2D eigenvalue weighted by atomic mass is 79.9. The van der Waals surface area contributed by atoms with Gasteiger partial charge in [-0.1, -0.05) is 48.3 Å². The van der Waals surface area contributed by atoms with Crippen molar-refractivity contribution in [1.29, 1.82) is 0 Å². The van der Waals surface area contributed by atoms with E-state index in [0.717, 1.165) is 28.7 Å². The van der Waals surface area contributed by atoms with Crippen LogP contribution < -0.4 is 0 Å². The molecule has 0 amide bonds. The van der Waals surface area contributed by atoms with Gasteiger partial charge in [0.25, 0.3) is 0 Å². The van der Waals surface area contributed by atoms with Gasteiger partial charge in [0, 0.05) is 14.9 Å². The topological polar surface area (TPSA) is 12.9 Å². The lowest BCUT2D eigenvalue weighted by atomic mass is 10.2. The van der Waals surface area contributed by atoms with E-state index in [9.17, 15) is 0 Å². The van der Waals surface area contributed by atoms with Crippen molar-refractivity contribution in [1.82, 2.24) is 4.98 Å². The lowest BCUT2D eigenvalue weighted by Gasteiger charge is -1.96. The fraction of sp³-hybridized carbons (Fsp3) is 0.357. The molecule has 1 aromatic heterocycles. The van der Waals surface area contributed by atoms with Crippen molar-refractivity contribution in [3.05, 3.63) is 39.3 Å². The fourth-order valence-corrected chi connectivity index (χ4v) is 3.28. The summed E-state index contributed by atoms with van der Waals surface area (Å²) >= 11 is 5.34. The van der Waals surface area contributed by atoms with Crippen LogP contribution >= 0.6 is 27.3 Å². The molecule has 0 bridgehead atoms. The molecule has 1 nitrogen and oxygen atoms in total. The van der Waals surface area contributed by atoms with Crippen LogP contribution in [0.25, 0.3) is 10.6 Å². The maximum atomic E-state index is 4.78. The lowest BCUT2D eigenvalue weighted by Crippen LogP contribution is -1.88. The van der Waals surface area contributed by atoms with E-state index in [1.807, 2.05) is 17.4 Å². The van der Waals surface area contributed by atoms with Gasteiger partial charge in [0.05, 0.1) is 5.69 Å². The molecule has 0 atom stereocenters. The predicted molar refractivity (Wildman–Crippen MR) is 78.6 cm³/mol. The number of halogens is 1. The highest BCUT2D eigenvalue weighted by Gasteiger charge is 2.10. The van der Waals surface area contributed by atoms with E-state index in [-0.39, 0.29) is 0 Å². The van der Waals surface area contributed by atoms with E-state index < -0.39 is 0 Å². The molecule has 0 aliphatic heterocycles. The quantitative estimate of drug-likeness (QED) is 0.766. The largest absolute Gasteiger partial charge is 0.241 e. The van der Waals surface area contributed by atoms with Gasteiger partial charge in [-0.05, 0) is 25.0 Å². The second-order valence-electron chi connectivity index (χ2n) is 4.00. The molecule has 0 unspecified atom stereocenters. The Bertz CT molecular complexity index is 505. The van der Waals surface area contributed by atoms with Crippen LogP contribution in [0.1, 0.15) is 30.8 Å². The molecule has 1 heterocycles. The Morgan fingerprint density at radius 2 is 2.12 bits per heavy atom. The zero-order chi connectivity index (χ0) is 12.3. The SMILES string of the molecule is CCCc1nc(-c2cccc(Br)c2)sc1CC. The zero-order valence-electron chi connectivity index (χ0n) is 10.2. The predicted octanol–water partition coefficient (Wildman–Crippen LogP) is 5.09. The maximum absolute atomic E-state index is 4.78. The smallest absolute Gasteiger partial charge is 0.123 e. The molecule has 3 heteroatoms.